The average Bonchev–Trinajstić information content (AvgIpc) is 2.80. The standard InChI is InChI=1S/C12H11F2N3O2/c1-7(2)6-17-4-3-8(5-9(17)18)11-15-16-12(19-11)10(13)14/h3-5,10H,1,6H2,2H3. The van der Waals surface area contributed by atoms with Crippen molar-refractivity contribution in [2.45, 2.75) is 19.9 Å². The maximum Gasteiger partial charge on any atom is 0.314 e. The Morgan fingerprint density at radius 2 is 2.26 bits per heavy atom. The molecule has 0 atom stereocenters. The molecule has 0 N–H and O–H groups in total. The number of pyridine rings is 1. The normalized spacial score (nSPS) is 10.9. The maximum absolute atomic E-state index is 12.3. The summed E-state index contributed by atoms with van der Waals surface area (Å²) in [6.45, 7) is 5.90. The second-order valence-corrected chi connectivity index (χ2v) is 4.08. The molecule has 19 heavy (non-hydrogen) atoms. The van der Waals surface area contributed by atoms with Crippen molar-refractivity contribution in [2.24, 2.45) is 0 Å². The van der Waals surface area contributed by atoms with Crippen molar-refractivity contribution in [3.8, 4) is 11.5 Å². The van der Waals surface area contributed by atoms with Crippen LogP contribution in [-0.2, 0) is 6.54 Å². The number of alkyl halides is 2. The summed E-state index contributed by atoms with van der Waals surface area (Å²) in [6.07, 6.45) is -1.30. The zero-order valence-corrected chi connectivity index (χ0v) is 10.1. The van der Waals surface area contributed by atoms with Crippen molar-refractivity contribution < 1.29 is 13.2 Å². The molecule has 0 aromatic carbocycles. The molecule has 0 unspecified atom stereocenters. The van der Waals surface area contributed by atoms with Gasteiger partial charge in [0.25, 0.3) is 11.4 Å². The molecule has 2 rings (SSSR count). The van der Waals surface area contributed by atoms with E-state index in [1.807, 2.05) is 0 Å². The lowest BCUT2D eigenvalue weighted by Gasteiger charge is -2.04. The smallest absolute Gasteiger partial charge is 0.314 e. The van der Waals surface area contributed by atoms with Crippen LogP contribution in [-0.4, -0.2) is 14.8 Å². The van der Waals surface area contributed by atoms with Crippen LogP contribution in [0.3, 0.4) is 0 Å². The average molecular weight is 267 g/mol. The monoisotopic (exact) mass is 267 g/mol. The third-order valence-electron chi connectivity index (χ3n) is 2.31. The Hall–Kier alpha value is -2.31. The van der Waals surface area contributed by atoms with Crippen molar-refractivity contribution in [2.75, 3.05) is 0 Å². The summed E-state index contributed by atoms with van der Waals surface area (Å²) in [5.74, 6) is -0.865. The molecule has 7 heteroatoms. The first-order valence-corrected chi connectivity index (χ1v) is 5.44. The number of hydrogen-bond acceptors (Lipinski definition) is 4. The van der Waals surface area contributed by atoms with Gasteiger partial charge in [0.15, 0.2) is 0 Å². The number of halogens is 2. The Labute approximate surface area is 107 Å². The third kappa shape index (κ3) is 2.93. The molecule has 0 fully saturated rings. The van der Waals surface area contributed by atoms with Crippen LogP contribution in [0.5, 0.6) is 0 Å². The van der Waals surface area contributed by atoms with E-state index in [9.17, 15) is 13.6 Å². The molecule has 5 nitrogen and oxygen atoms in total. The summed E-state index contributed by atoms with van der Waals surface area (Å²) in [7, 11) is 0. The molecule has 0 aliphatic carbocycles. The molecule has 0 saturated heterocycles. The van der Waals surface area contributed by atoms with Crippen LogP contribution in [0.15, 0.2) is 39.7 Å². The van der Waals surface area contributed by atoms with E-state index >= 15 is 0 Å². The molecule has 2 heterocycles. The van der Waals surface area contributed by atoms with Gasteiger partial charge < -0.3 is 8.98 Å². The highest BCUT2D eigenvalue weighted by Gasteiger charge is 2.17. The fourth-order valence-corrected chi connectivity index (χ4v) is 1.50. The van der Waals surface area contributed by atoms with Gasteiger partial charge in [-0.25, -0.2) is 0 Å². The van der Waals surface area contributed by atoms with Gasteiger partial charge in [0.1, 0.15) is 0 Å². The predicted octanol–water partition coefficient (Wildman–Crippen LogP) is 2.41. The van der Waals surface area contributed by atoms with Gasteiger partial charge in [-0.15, -0.1) is 10.2 Å². The van der Waals surface area contributed by atoms with Crippen LogP contribution >= 0.6 is 0 Å². The fourth-order valence-electron chi connectivity index (χ4n) is 1.50. The highest BCUT2D eigenvalue weighted by Crippen LogP contribution is 2.22. The molecule has 0 spiro atoms. The number of allylic oxidation sites excluding steroid dienone is 1. The van der Waals surface area contributed by atoms with Gasteiger partial charge in [0.05, 0.1) is 0 Å². The van der Waals surface area contributed by atoms with Gasteiger partial charge in [0, 0.05) is 24.4 Å². The second kappa shape index (κ2) is 5.13. The van der Waals surface area contributed by atoms with Crippen LogP contribution in [0.2, 0.25) is 0 Å². The van der Waals surface area contributed by atoms with E-state index in [4.69, 9.17) is 4.42 Å². The first-order chi connectivity index (χ1) is 8.97. The highest BCUT2D eigenvalue weighted by molar-refractivity contribution is 5.50. The molecule has 2 aromatic rings. The summed E-state index contributed by atoms with van der Waals surface area (Å²) in [5, 5.41) is 6.68. The van der Waals surface area contributed by atoms with E-state index < -0.39 is 12.3 Å². The first kappa shape index (κ1) is 13.1. The maximum atomic E-state index is 12.3. The molecule has 0 radical (unpaired) electrons. The number of nitrogens with zero attached hydrogens (tertiary/aromatic N) is 3. The largest absolute Gasteiger partial charge is 0.415 e. The van der Waals surface area contributed by atoms with E-state index in [1.54, 1.807) is 13.0 Å². The minimum Gasteiger partial charge on any atom is -0.415 e. The molecule has 0 bridgehead atoms. The second-order valence-electron chi connectivity index (χ2n) is 4.08. The lowest BCUT2D eigenvalue weighted by atomic mass is 10.2. The number of rotatable bonds is 4. The summed E-state index contributed by atoms with van der Waals surface area (Å²) >= 11 is 0. The molecule has 0 aliphatic heterocycles. The van der Waals surface area contributed by atoms with E-state index in [0.717, 1.165) is 5.57 Å². The quantitative estimate of drug-likeness (QED) is 0.798. The summed E-state index contributed by atoms with van der Waals surface area (Å²) in [5.41, 5.74) is 0.840. The topological polar surface area (TPSA) is 60.9 Å². The molecule has 2 aromatic heterocycles. The van der Waals surface area contributed by atoms with Crippen molar-refractivity contribution in [3.63, 3.8) is 0 Å². The van der Waals surface area contributed by atoms with E-state index in [1.165, 1.54) is 16.8 Å². The fraction of sp³-hybridized carbons (Fsp3) is 0.250. The SMILES string of the molecule is C=C(C)Cn1ccc(-c2nnc(C(F)F)o2)cc1=O. The molecule has 100 valence electrons. The van der Waals surface area contributed by atoms with Crippen molar-refractivity contribution >= 4 is 0 Å². The zero-order valence-electron chi connectivity index (χ0n) is 10.1. The Morgan fingerprint density at radius 3 is 2.79 bits per heavy atom. The van der Waals surface area contributed by atoms with Crippen LogP contribution in [0.4, 0.5) is 8.78 Å². The first-order valence-electron chi connectivity index (χ1n) is 5.44. The van der Waals surface area contributed by atoms with Crippen molar-refractivity contribution in [1.82, 2.24) is 14.8 Å². The van der Waals surface area contributed by atoms with E-state index in [-0.39, 0.29) is 11.4 Å². The Bertz CT molecular complexity index is 661. The van der Waals surface area contributed by atoms with Crippen LogP contribution in [0, 0.1) is 0 Å². The number of aromatic nitrogens is 3. The Morgan fingerprint density at radius 1 is 1.53 bits per heavy atom. The molecule has 0 aliphatic rings. The van der Waals surface area contributed by atoms with Crippen LogP contribution in [0.25, 0.3) is 11.5 Å². The molecule has 0 saturated carbocycles. The minimum atomic E-state index is -2.83. The summed E-state index contributed by atoms with van der Waals surface area (Å²) < 4.78 is 30.8. The minimum absolute atomic E-state index is 0.102. The lowest BCUT2D eigenvalue weighted by Crippen LogP contribution is -2.18. The molecular formula is C12H11F2N3O2. The predicted molar refractivity (Wildman–Crippen MR) is 63.8 cm³/mol. The van der Waals surface area contributed by atoms with Crippen LogP contribution in [0.1, 0.15) is 19.2 Å². The van der Waals surface area contributed by atoms with Gasteiger partial charge >= 0.3 is 6.43 Å². The zero-order chi connectivity index (χ0) is 14.0. The van der Waals surface area contributed by atoms with E-state index in [2.05, 4.69) is 16.8 Å². The van der Waals surface area contributed by atoms with Gasteiger partial charge in [-0.3, -0.25) is 4.79 Å². The van der Waals surface area contributed by atoms with Gasteiger partial charge in [-0.2, -0.15) is 8.78 Å². The van der Waals surface area contributed by atoms with Gasteiger partial charge in [-0.1, -0.05) is 12.2 Å². The molecule has 0 amide bonds. The van der Waals surface area contributed by atoms with Crippen molar-refractivity contribution in [3.05, 3.63) is 46.7 Å². The lowest BCUT2D eigenvalue weighted by molar-refractivity contribution is 0.116. The third-order valence-corrected chi connectivity index (χ3v) is 2.31. The van der Waals surface area contributed by atoms with E-state index in [0.29, 0.717) is 12.1 Å². The number of hydrogen-bond donors (Lipinski definition) is 0. The highest BCUT2D eigenvalue weighted by atomic mass is 19.3. The Kier molecular flexibility index (Phi) is 3.55. The summed E-state index contributed by atoms with van der Waals surface area (Å²) in [4.78, 5) is 11.8. The van der Waals surface area contributed by atoms with Gasteiger partial charge in [0.2, 0.25) is 5.89 Å². The van der Waals surface area contributed by atoms with Crippen LogP contribution < -0.4 is 5.56 Å². The summed E-state index contributed by atoms with van der Waals surface area (Å²) in [6, 6.07) is 2.80. The Balaban J connectivity index is 2.33. The van der Waals surface area contributed by atoms with Crippen molar-refractivity contribution in [1.29, 1.82) is 0 Å². The van der Waals surface area contributed by atoms with Gasteiger partial charge in [-0.05, 0) is 13.0 Å². The molecular weight excluding hydrogens is 256 g/mol.